The lowest BCUT2D eigenvalue weighted by Gasteiger charge is -2.37. The number of alkyl halides is 3. The number of hydrogen-bond acceptors (Lipinski definition) is 5. The van der Waals surface area contributed by atoms with E-state index >= 15 is 0 Å². The van der Waals surface area contributed by atoms with Gasteiger partial charge in [-0.1, -0.05) is 36.7 Å². The van der Waals surface area contributed by atoms with Crippen LogP contribution in [-0.4, -0.2) is 27.1 Å². The zero-order valence-corrected chi connectivity index (χ0v) is 19.9. The third-order valence-electron chi connectivity index (χ3n) is 6.21. The lowest BCUT2D eigenvalue weighted by molar-refractivity contribution is -0.274. The van der Waals surface area contributed by atoms with Crippen LogP contribution in [0.3, 0.4) is 0 Å². The van der Waals surface area contributed by atoms with Crippen molar-refractivity contribution in [2.24, 2.45) is 7.05 Å². The first-order valence-electron chi connectivity index (χ1n) is 10.6. The molecule has 1 aromatic heterocycles. The van der Waals surface area contributed by atoms with Crippen molar-refractivity contribution < 1.29 is 41.7 Å². The predicted octanol–water partition coefficient (Wildman–Crippen LogP) is 6.20. The van der Waals surface area contributed by atoms with E-state index in [2.05, 4.69) is 4.74 Å². The van der Waals surface area contributed by atoms with Crippen LogP contribution in [0.4, 0.5) is 22.4 Å². The second-order valence-corrected chi connectivity index (χ2v) is 8.75. The molecule has 3 aromatic carbocycles. The summed E-state index contributed by atoms with van der Waals surface area (Å²) in [5.74, 6) is -3.51. The second-order valence-electron chi connectivity index (χ2n) is 8.34. The van der Waals surface area contributed by atoms with E-state index in [0.717, 1.165) is 29.7 Å². The Morgan fingerprint density at radius 1 is 1.11 bits per heavy atom. The molecule has 7 nitrogen and oxygen atoms in total. The maximum Gasteiger partial charge on any atom is 0.511 e. The SMILES string of the molecule is CC(c1ccc(-c2ccc(OC(=O)O)cc2F)cc1Cl)C(O)(c1ccc2oc(=O)n(C)c2c1)C(F)(F)F. The Bertz CT molecular complexity index is 1580. The van der Waals surface area contributed by atoms with Gasteiger partial charge in [-0.25, -0.2) is 14.0 Å². The van der Waals surface area contributed by atoms with Crippen molar-refractivity contribution in [3.8, 4) is 16.9 Å². The van der Waals surface area contributed by atoms with E-state index < -0.39 is 41.0 Å². The second kappa shape index (κ2) is 9.24. The molecule has 4 rings (SSSR count). The number of halogens is 5. The van der Waals surface area contributed by atoms with E-state index in [1.165, 1.54) is 43.4 Å². The van der Waals surface area contributed by atoms with Crippen LogP contribution in [0.25, 0.3) is 22.2 Å². The number of hydrogen-bond donors (Lipinski definition) is 2. The number of aromatic nitrogens is 1. The maximum atomic E-state index is 14.6. The standard InChI is InChI=1S/C25H18ClF4NO6/c1-12(24(35,25(28,29)30)14-4-8-21-20(10-14)31(2)22(32)37-21)16-6-3-13(9-18(16)26)17-7-5-15(11-19(17)27)36-23(33)34/h3-12,35H,1-2H3,(H,33,34). The van der Waals surface area contributed by atoms with Crippen LogP contribution in [0, 0.1) is 5.82 Å². The topological polar surface area (TPSA) is 102 Å². The molecule has 2 N–H and O–H groups in total. The van der Waals surface area contributed by atoms with Gasteiger partial charge in [-0.05, 0) is 47.0 Å². The minimum Gasteiger partial charge on any atom is -0.449 e. The Hall–Kier alpha value is -3.83. The Balaban J connectivity index is 1.77. The number of benzene rings is 3. The largest absolute Gasteiger partial charge is 0.511 e. The van der Waals surface area contributed by atoms with Crippen LogP contribution in [0.2, 0.25) is 5.02 Å². The van der Waals surface area contributed by atoms with E-state index in [0.29, 0.717) is 0 Å². The molecule has 0 fully saturated rings. The molecule has 4 aromatic rings. The Kier molecular flexibility index (Phi) is 6.55. The van der Waals surface area contributed by atoms with Crippen molar-refractivity contribution in [3.05, 3.63) is 87.1 Å². The predicted molar refractivity (Wildman–Crippen MR) is 125 cm³/mol. The average molecular weight is 540 g/mol. The van der Waals surface area contributed by atoms with Crippen molar-refractivity contribution >= 4 is 28.9 Å². The van der Waals surface area contributed by atoms with Gasteiger partial charge in [0.25, 0.3) is 0 Å². The molecule has 0 aliphatic heterocycles. The summed E-state index contributed by atoms with van der Waals surface area (Å²) in [7, 11) is 1.32. The molecule has 0 radical (unpaired) electrons. The molecule has 0 saturated heterocycles. The van der Waals surface area contributed by atoms with Crippen LogP contribution < -0.4 is 10.5 Å². The van der Waals surface area contributed by atoms with Gasteiger partial charge in [-0.2, -0.15) is 13.2 Å². The van der Waals surface area contributed by atoms with Gasteiger partial charge in [-0.3, -0.25) is 4.57 Å². The smallest absolute Gasteiger partial charge is 0.449 e. The highest BCUT2D eigenvalue weighted by atomic mass is 35.5. The summed E-state index contributed by atoms with van der Waals surface area (Å²) in [6.07, 6.45) is -6.78. The molecular weight excluding hydrogens is 522 g/mol. The van der Waals surface area contributed by atoms with E-state index in [1.54, 1.807) is 0 Å². The van der Waals surface area contributed by atoms with Gasteiger partial charge in [0.15, 0.2) is 11.2 Å². The number of carbonyl (C=O) groups is 1. The number of aliphatic hydroxyl groups is 1. The van der Waals surface area contributed by atoms with Gasteiger partial charge in [0.05, 0.1) is 5.52 Å². The van der Waals surface area contributed by atoms with Gasteiger partial charge >= 0.3 is 18.1 Å². The molecule has 0 aliphatic carbocycles. The number of aryl methyl sites for hydroxylation is 1. The van der Waals surface area contributed by atoms with E-state index in [-0.39, 0.29) is 38.6 Å². The van der Waals surface area contributed by atoms with E-state index in [9.17, 15) is 32.3 Å². The van der Waals surface area contributed by atoms with Crippen LogP contribution >= 0.6 is 11.6 Å². The van der Waals surface area contributed by atoms with Gasteiger partial charge in [-0.15, -0.1) is 0 Å². The molecule has 2 unspecified atom stereocenters. The molecule has 0 bridgehead atoms. The Morgan fingerprint density at radius 3 is 2.41 bits per heavy atom. The molecule has 0 aliphatic rings. The fraction of sp³-hybridized carbons (Fsp3) is 0.200. The summed E-state index contributed by atoms with van der Waals surface area (Å²) in [6.45, 7) is 1.14. The first-order chi connectivity index (χ1) is 17.2. The van der Waals surface area contributed by atoms with Crippen molar-refractivity contribution in [1.82, 2.24) is 4.57 Å². The van der Waals surface area contributed by atoms with Crippen LogP contribution in [0.15, 0.2) is 63.8 Å². The Morgan fingerprint density at radius 2 is 1.81 bits per heavy atom. The molecule has 0 saturated carbocycles. The average Bonchev–Trinajstić information content (AvgIpc) is 3.10. The Labute approximate surface area is 211 Å². The summed E-state index contributed by atoms with van der Waals surface area (Å²) in [5.41, 5.74) is -3.71. The summed E-state index contributed by atoms with van der Waals surface area (Å²) >= 11 is 6.33. The molecule has 0 spiro atoms. The maximum absolute atomic E-state index is 14.6. The highest BCUT2D eigenvalue weighted by Gasteiger charge is 2.59. The fourth-order valence-electron chi connectivity index (χ4n) is 4.19. The number of oxazole rings is 1. The molecule has 194 valence electrons. The lowest BCUT2D eigenvalue weighted by atomic mass is 9.77. The molecule has 2 atom stereocenters. The molecule has 1 heterocycles. The van der Waals surface area contributed by atoms with Crippen molar-refractivity contribution in [3.63, 3.8) is 0 Å². The van der Waals surface area contributed by atoms with Crippen LogP contribution in [0.5, 0.6) is 5.75 Å². The fourth-order valence-corrected chi connectivity index (χ4v) is 4.53. The number of nitrogens with zero attached hydrogens (tertiary/aromatic N) is 1. The minimum atomic E-state index is -5.16. The van der Waals surface area contributed by atoms with Gasteiger partial charge in [0, 0.05) is 29.6 Å². The molecule has 0 amide bonds. The van der Waals surface area contributed by atoms with Gasteiger partial charge in [0.1, 0.15) is 11.6 Å². The first-order valence-corrected chi connectivity index (χ1v) is 11.0. The van der Waals surface area contributed by atoms with Gasteiger partial charge in [0.2, 0.25) is 0 Å². The van der Waals surface area contributed by atoms with Crippen molar-refractivity contribution in [2.45, 2.75) is 24.6 Å². The third-order valence-corrected chi connectivity index (χ3v) is 6.54. The first kappa shape index (κ1) is 26.2. The highest BCUT2D eigenvalue weighted by Crippen LogP contribution is 2.50. The zero-order valence-electron chi connectivity index (χ0n) is 19.1. The number of carboxylic acid groups (broad SMARTS) is 1. The van der Waals surface area contributed by atoms with Crippen molar-refractivity contribution in [1.29, 1.82) is 0 Å². The summed E-state index contributed by atoms with van der Waals surface area (Å²) in [5, 5.41) is 19.6. The number of ether oxygens (including phenoxy) is 1. The lowest BCUT2D eigenvalue weighted by Crippen LogP contribution is -2.46. The van der Waals surface area contributed by atoms with Crippen LogP contribution in [0.1, 0.15) is 24.0 Å². The molecule has 37 heavy (non-hydrogen) atoms. The molecule has 12 heteroatoms. The normalized spacial score (nSPS) is 14.4. The highest BCUT2D eigenvalue weighted by molar-refractivity contribution is 6.31. The van der Waals surface area contributed by atoms with Crippen molar-refractivity contribution in [2.75, 3.05) is 0 Å². The summed E-state index contributed by atoms with van der Waals surface area (Å²) in [4.78, 5) is 22.4. The molecular formula is C25H18ClF4NO6. The third kappa shape index (κ3) is 4.56. The monoisotopic (exact) mass is 539 g/mol. The van der Waals surface area contributed by atoms with Crippen LogP contribution in [-0.2, 0) is 12.6 Å². The van der Waals surface area contributed by atoms with E-state index in [1.807, 2.05) is 0 Å². The summed E-state index contributed by atoms with van der Waals surface area (Å²) in [6, 6.07) is 10.3. The van der Waals surface area contributed by atoms with Gasteiger partial charge < -0.3 is 19.4 Å². The quantitative estimate of drug-likeness (QED) is 0.178. The minimum absolute atomic E-state index is 0.00347. The number of rotatable bonds is 5. The summed E-state index contributed by atoms with van der Waals surface area (Å²) < 4.78 is 68.2. The zero-order chi connectivity index (χ0) is 27.3. The van der Waals surface area contributed by atoms with E-state index in [4.69, 9.17) is 21.1 Å². The number of fused-ring (bicyclic) bond motifs is 1.